The molecule has 0 aliphatic rings. The van der Waals surface area contributed by atoms with Gasteiger partial charge in [0.15, 0.2) is 0 Å². The molecule has 0 aromatic carbocycles. The largest absolute Gasteiger partial charge is 0.373 e. The third-order valence-electron chi connectivity index (χ3n) is 2.91. The number of aromatic nitrogens is 2. The smallest absolute Gasteiger partial charge is 0.134 e. The lowest BCUT2D eigenvalue weighted by molar-refractivity contribution is 0.597. The molecular formula is C13H23N3. The minimum Gasteiger partial charge on any atom is -0.373 e. The molecule has 1 heterocycles. The highest BCUT2D eigenvalue weighted by Crippen LogP contribution is 2.21. The molecule has 3 heteroatoms. The van der Waals surface area contributed by atoms with Gasteiger partial charge in [-0.05, 0) is 19.3 Å². The van der Waals surface area contributed by atoms with Crippen molar-refractivity contribution in [2.45, 2.75) is 52.4 Å². The van der Waals surface area contributed by atoms with Crippen molar-refractivity contribution < 1.29 is 0 Å². The summed E-state index contributed by atoms with van der Waals surface area (Å²) in [6.45, 7) is 6.57. The molecule has 0 amide bonds. The average Bonchev–Trinajstić information content (AvgIpc) is 2.31. The highest BCUT2D eigenvalue weighted by atomic mass is 15.0. The van der Waals surface area contributed by atoms with Crippen LogP contribution in [0.5, 0.6) is 0 Å². The first-order valence-corrected chi connectivity index (χ1v) is 6.30. The predicted octanol–water partition coefficient (Wildman–Crippen LogP) is 3.37. The van der Waals surface area contributed by atoms with E-state index in [0.717, 1.165) is 43.0 Å². The molecule has 0 bridgehead atoms. The van der Waals surface area contributed by atoms with Crippen molar-refractivity contribution in [1.82, 2.24) is 9.97 Å². The number of aryl methyl sites for hydroxylation is 1. The van der Waals surface area contributed by atoms with Gasteiger partial charge in [-0.15, -0.1) is 0 Å². The Hall–Kier alpha value is -1.12. The van der Waals surface area contributed by atoms with Crippen molar-refractivity contribution in [3.63, 3.8) is 0 Å². The summed E-state index contributed by atoms with van der Waals surface area (Å²) in [5.41, 5.74) is 1.16. The molecule has 0 radical (unpaired) electrons. The molecule has 0 fully saturated rings. The van der Waals surface area contributed by atoms with Crippen molar-refractivity contribution in [2.75, 3.05) is 12.4 Å². The fourth-order valence-corrected chi connectivity index (χ4v) is 1.87. The zero-order valence-electron chi connectivity index (χ0n) is 10.9. The second-order valence-corrected chi connectivity index (χ2v) is 4.12. The van der Waals surface area contributed by atoms with Crippen molar-refractivity contribution in [2.24, 2.45) is 0 Å². The van der Waals surface area contributed by atoms with Gasteiger partial charge in [-0.25, -0.2) is 9.97 Å². The molecule has 3 nitrogen and oxygen atoms in total. The fourth-order valence-electron chi connectivity index (χ4n) is 1.87. The van der Waals surface area contributed by atoms with Gasteiger partial charge in [0.2, 0.25) is 0 Å². The topological polar surface area (TPSA) is 37.8 Å². The molecule has 1 aromatic rings. The number of hydrogen-bond donors (Lipinski definition) is 1. The van der Waals surface area contributed by atoms with Gasteiger partial charge in [0, 0.05) is 24.7 Å². The molecule has 0 atom stereocenters. The van der Waals surface area contributed by atoms with Crippen LogP contribution in [0.1, 0.15) is 57.5 Å². The van der Waals surface area contributed by atoms with E-state index in [9.17, 15) is 0 Å². The van der Waals surface area contributed by atoms with Crippen molar-refractivity contribution in [3.05, 3.63) is 17.6 Å². The summed E-state index contributed by atoms with van der Waals surface area (Å²) in [4.78, 5) is 9.22. The van der Waals surface area contributed by atoms with Gasteiger partial charge in [-0.1, -0.05) is 27.2 Å². The van der Waals surface area contributed by atoms with E-state index in [1.54, 1.807) is 0 Å². The number of nitrogens with zero attached hydrogens (tertiary/aromatic N) is 2. The Bertz CT molecular complexity index is 319. The van der Waals surface area contributed by atoms with Crippen LogP contribution in [0.25, 0.3) is 0 Å². The summed E-state index contributed by atoms with van der Waals surface area (Å²) in [6, 6.07) is 2.05. The SMILES string of the molecule is CCCc1cc(NC)nc(C(CC)CC)n1. The molecule has 0 aliphatic heterocycles. The molecule has 1 N–H and O–H groups in total. The van der Waals surface area contributed by atoms with Crippen molar-refractivity contribution in [1.29, 1.82) is 0 Å². The maximum absolute atomic E-state index is 4.66. The lowest BCUT2D eigenvalue weighted by atomic mass is 10.0. The maximum Gasteiger partial charge on any atom is 0.134 e. The second-order valence-electron chi connectivity index (χ2n) is 4.12. The van der Waals surface area contributed by atoms with E-state index in [2.05, 4.69) is 42.1 Å². The van der Waals surface area contributed by atoms with Gasteiger partial charge in [0.1, 0.15) is 11.6 Å². The van der Waals surface area contributed by atoms with E-state index < -0.39 is 0 Å². The minimum absolute atomic E-state index is 0.490. The van der Waals surface area contributed by atoms with Crippen LogP contribution in [0.4, 0.5) is 5.82 Å². The van der Waals surface area contributed by atoms with E-state index in [0.29, 0.717) is 5.92 Å². The summed E-state index contributed by atoms with van der Waals surface area (Å²) >= 11 is 0. The van der Waals surface area contributed by atoms with Crippen LogP contribution in [0, 0.1) is 0 Å². The Morgan fingerprint density at radius 2 is 1.88 bits per heavy atom. The van der Waals surface area contributed by atoms with E-state index in [4.69, 9.17) is 0 Å². The predicted molar refractivity (Wildman–Crippen MR) is 68.9 cm³/mol. The van der Waals surface area contributed by atoms with Crippen LogP contribution in [-0.4, -0.2) is 17.0 Å². The average molecular weight is 221 g/mol. The lowest BCUT2D eigenvalue weighted by Crippen LogP contribution is -2.07. The van der Waals surface area contributed by atoms with Crippen LogP contribution in [0.15, 0.2) is 6.07 Å². The van der Waals surface area contributed by atoms with Crippen LogP contribution in [0.2, 0.25) is 0 Å². The summed E-state index contributed by atoms with van der Waals surface area (Å²) < 4.78 is 0. The molecule has 1 rings (SSSR count). The van der Waals surface area contributed by atoms with Gasteiger partial charge < -0.3 is 5.32 Å². The first-order chi connectivity index (χ1) is 7.74. The minimum atomic E-state index is 0.490. The Morgan fingerprint density at radius 3 is 2.38 bits per heavy atom. The van der Waals surface area contributed by atoms with E-state index in [1.165, 1.54) is 0 Å². The molecule has 1 aromatic heterocycles. The zero-order chi connectivity index (χ0) is 12.0. The van der Waals surface area contributed by atoms with Crippen LogP contribution in [0.3, 0.4) is 0 Å². The third-order valence-corrected chi connectivity index (χ3v) is 2.91. The Balaban J connectivity index is 3.02. The molecule has 0 saturated carbocycles. The van der Waals surface area contributed by atoms with Gasteiger partial charge >= 0.3 is 0 Å². The lowest BCUT2D eigenvalue weighted by Gasteiger charge is -2.13. The van der Waals surface area contributed by atoms with Gasteiger partial charge in [0.05, 0.1) is 0 Å². The summed E-state index contributed by atoms with van der Waals surface area (Å²) in [7, 11) is 1.91. The normalized spacial score (nSPS) is 10.8. The summed E-state index contributed by atoms with van der Waals surface area (Å²) in [5, 5.41) is 3.12. The number of nitrogens with one attached hydrogen (secondary N) is 1. The summed E-state index contributed by atoms with van der Waals surface area (Å²) in [6.07, 6.45) is 4.37. The molecule has 16 heavy (non-hydrogen) atoms. The monoisotopic (exact) mass is 221 g/mol. The Morgan fingerprint density at radius 1 is 1.19 bits per heavy atom. The van der Waals surface area contributed by atoms with Gasteiger partial charge in [0.25, 0.3) is 0 Å². The molecule has 0 spiro atoms. The number of rotatable bonds is 6. The van der Waals surface area contributed by atoms with Gasteiger partial charge in [-0.2, -0.15) is 0 Å². The Labute approximate surface area is 98.7 Å². The van der Waals surface area contributed by atoms with Crippen LogP contribution >= 0.6 is 0 Å². The fraction of sp³-hybridized carbons (Fsp3) is 0.692. The molecule has 0 unspecified atom stereocenters. The van der Waals surface area contributed by atoms with Crippen LogP contribution in [-0.2, 0) is 6.42 Å². The third kappa shape index (κ3) is 3.19. The van der Waals surface area contributed by atoms with E-state index in [1.807, 2.05) is 7.05 Å². The summed E-state index contributed by atoms with van der Waals surface area (Å²) in [5.74, 6) is 2.43. The second kappa shape index (κ2) is 6.46. The Kier molecular flexibility index (Phi) is 5.23. The van der Waals surface area contributed by atoms with Crippen molar-refractivity contribution in [3.8, 4) is 0 Å². The van der Waals surface area contributed by atoms with Crippen molar-refractivity contribution >= 4 is 5.82 Å². The first-order valence-electron chi connectivity index (χ1n) is 6.30. The van der Waals surface area contributed by atoms with E-state index in [-0.39, 0.29) is 0 Å². The molecule has 0 aliphatic carbocycles. The standard InChI is InChI=1S/C13H23N3/c1-5-8-11-9-12(14-4)16-13(15-11)10(6-2)7-3/h9-10H,5-8H2,1-4H3,(H,14,15,16). The molecule has 0 saturated heterocycles. The van der Waals surface area contributed by atoms with E-state index >= 15 is 0 Å². The number of anilines is 1. The number of hydrogen-bond acceptors (Lipinski definition) is 3. The first kappa shape index (κ1) is 12.9. The van der Waals surface area contributed by atoms with Crippen LogP contribution < -0.4 is 5.32 Å². The quantitative estimate of drug-likeness (QED) is 0.800. The van der Waals surface area contributed by atoms with Gasteiger partial charge in [-0.3, -0.25) is 0 Å². The highest BCUT2D eigenvalue weighted by Gasteiger charge is 2.12. The molecular weight excluding hydrogens is 198 g/mol. The molecule has 90 valence electrons. The highest BCUT2D eigenvalue weighted by molar-refractivity contribution is 5.35. The maximum atomic E-state index is 4.66. The zero-order valence-corrected chi connectivity index (χ0v) is 10.9.